The smallest absolute Gasteiger partial charge is 0.323 e. The van der Waals surface area contributed by atoms with Crippen LogP contribution in [0.4, 0.5) is 5.82 Å². The van der Waals surface area contributed by atoms with Crippen molar-refractivity contribution in [2.45, 2.75) is 13.5 Å². The van der Waals surface area contributed by atoms with E-state index in [1.807, 2.05) is 19.1 Å². The highest BCUT2D eigenvalue weighted by Gasteiger charge is 2.14. The predicted molar refractivity (Wildman–Crippen MR) is 74.8 cm³/mol. The molecule has 2 heterocycles. The number of anilines is 1. The van der Waals surface area contributed by atoms with Crippen molar-refractivity contribution in [2.75, 3.05) is 11.4 Å². The maximum Gasteiger partial charge on any atom is 0.323 e. The molecule has 0 aliphatic carbocycles. The molecule has 2 rings (SSSR count). The lowest BCUT2D eigenvalue weighted by Gasteiger charge is -2.21. The fraction of sp³-hybridized carbons (Fsp3) is 0.250. The molecule has 0 fully saturated rings. The summed E-state index contributed by atoms with van der Waals surface area (Å²) < 4.78 is 0.447. The second-order valence-corrected chi connectivity index (χ2v) is 5.66. The van der Waals surface area contributed by atoms with Gasteiger partial charge >= 0.3 is 5.97 Å². The summed E-state index contributed by atoms with van der Waals surface area (Å²) in [6.45, 7) is 2.17. The van der Waals surface area contributed by atoms with Crippen molar-refractivity contribution >= 4 is 34.7 Å². The number of pyridine rings is 1. The molecule has 0 saturated carbocycles. The molecule has 0 atom stereocenters. The van der Waals surface area contributed by atoms with Crippen molar-refractivity contribution < 1.29 is 9.90 Å². The molecule has 0 amide bonds. The molecule has 0 aromatic carbocycles. The van der Waals surface area contributed by atoms with Crippen LogP contribution in [0, 0.1) is 6.92 Å². The van der Waals surface area contributed by atoms with Crippen LogP contribution < -0.4 is 4.90 Å². The van der Waals surface area contributed by atoms with Crippen molar-refractivity contribution in [3.63, 3.8) is 0 Å². The summed E-state index contributed by atoms with van der Waals surface area (Å²) >= 11 is 7.11. The van der Waals surface area contributed by atoms with E-state index < -0.39 is 5.97 Å². The maximum absolute atomic E-state index is 11.0. The zero-order chi connectivity index (χ0) is 13.8. The molecule has 0 aliphatic heterocycles. The van der Waals surface area contributed by atoms with Crippen LogP contribution in [-0.2, 0) is 11.3 Å². The Kier molecular flexibility index (Phi) is 4.34. The standard InChI is InChI=1S/C12H12ClN3O2S/c1-8-3-2-4-10(15-8)16(7-11(17)18)6-9-5-14-12(13)19-9/h2-5H,6-7H2,1H3,(H,17,18). The minimum atomic E-state index is -0.904. The van der Waals surface area contributed by atoms with E-state index >= 15 is 0 Å². The average molecular weight is 298 g/mol. The van der Waals surface area contributed by atoms with E-state index in [0.717, 1.165) is 10.6 Å². The number of carboxylic acid groups (broad SMARTS) is 1. The first-order valence-electron chi connectivity index (χ1n) is 5.55. The number of carboxylic acids is 1. The third-order valence-corrected chi connectivity index (χ3v) is 3.50. The molecule has 0 spiro atoms. The lowest BCUT2D eigenvalue weighted by Crippen LogP contribution is -2.29. The van der Waals surface area contributed by atoms with Crippen molar-refractivity contribution in [1.82, 2.24) is 9.97 Å². The Balaban J connectivity index is 2.22. The Labute approximate surface area is 119 Å². The minimum Gasteiger partial charge on any atom is -0.480 e. The summed E-state index contributed by atoms with van der Waals surface area (Å²) in [4.78, 5) is 21.8. The van der Waals surface area contributed by atoms with Crippen LogP contribution in [0.15, 0.2) is 24.4 Å². The molecule has 19 heavy (non-hydrogen) atoms. The second-order valence-electron chi connectivity index (χ2n) is 3.97. The lowest BCUT2D eigenvalue weighted by molar-refractivity contribution is -0.135. The molecule has 1 N–H and O–H groups in total. The van der Waals surface area contributed by atoms with Crippen molar-refractivity contribution in [2.24, 2.45) is 0 Å². The van der Waals surface area contributed by atoms with Crippen LogP contribution in [0.1, 0.15) is 10.6 Å². The number of aryl methyl sites for hydroxylation is 1. The van der Waals surface area contributed by atoms with Gasteiger partial charge in [-0.2, -0.15) is 0 Å². The first-order valence-corrected chi connectivity index (χ1v) is 6.74. The second kappa shape index (κ2) is 5.99. The average Bonchev–Trinajstić information content (AvgIpc) is 2.73. The Hall–Kier alpha value is -1.66. The van der Waals surface area contributed by atoms with Crippen LogP contribution in [0.25, 0.3) is 0 Å². The molecule has 0 bridgehead atoms. The van der Waals surface area contributed by atoms with Crippen molar-refractivity contribution in [1.29, 1.82) is 0 Å². The third kappa shape index (κ3) is 3.90. The number of hydrogen-bond donors (Lipinski definition) is 1. The molecule has 0 aliphatic rings. The fourth-order valence-corrected chi connectivity index (χ4v) is 2.62. The van der Waals surface area contributed by atoms with Crippen LogP contribution in [-0.4, -0.2) is 27.6 Å². The highest BCUT2D eigenvalue weighted by atomic mass is 35.5. The van der Waals surface area contributed by atoms with E-state index in [-0.39, 0.29) is 6.54 Å². The first kappa shape index (κ1) is 13.8. The Morgan fingerprint density at radius 2 is 2.32 bits per heavy atom. The van der Waals surface area contributed by atoms with Gasteiger partial charge < -0.3 is 10.0 Å². The summed E-state index contributed by atoms with van der Waals surface area (Å²) in [5, 5.41) is 8.99. The number of thiazole rings is 1. The van der Waals surface area contributed by atoms with Gasteiger partial charge in [0.2, 0.25) is 0 Å². The number of aliphatic carboxylic acids is 1. The zero-order valence-corrected chi connectivity index (χ0v) is 11.8. The third-order valence-electron chi connectivity index (χ3n) is 2.40. The van der Waals surface area contributed by atoms with Crippen molar-refractivity contribution in [3.05, 3.63) is 39.4 Å². The summed E-state index contributed by atoms with van der Waals surface area (Å²) in [5.74, 6) is -0.272. The van der Waals surface area contributed by atoms with Crippen LogP contribution in [0.5, 0.6) is 0 Å². The zero-order valence-electron chi connectivity index (χ0n) is 10.2. The molecular weight excluding hydrogens is 286 g/mol. The summed E-state index contributed by atoms with van der Waals surface area (Å²) in [6, 6.07) is 5.51. The number of carbonyl (C=O) groups is 1. The van der Waals surface area contributed by atoms with Gasteiger partial charge in [0.15, 0.2) is 4.47 Å². The topological polar surface area (TPSA) is 66.3 Å². The predicted octanol–water partition coefficient (Wildman–Crippen LogP) is 2.59. The molecule has 2 aromatic heterocycles. The number of hydrogen-bond acceptors (Lipinski definition) is 5. The van der Waals surface area contributed by atoms with Gasteiger partial charge in [0, 0.05) is 16.8 Å². The summed E-state index contributed by atoms with van der Waals surface area (Å²) in [6.07, 6.45) is 1.65. The van der Waals surface area contributed by atoms with Gasteiger partial charge in [0.05, 0.1) is 6.54 Å². The quantitative estimate of drug-likeness (QED) is 0.919. The lowest BCUT2D eigenvalue weighted by atomic mass is 10.3. The number of halogens is 1. The Bertz CT molecular complexity index is 588. The van der Waals surface area contributed by atoms with Crippen LogP contribution >= 0.6 is 22.9 Å². The van der Waals surface area contributed by atoms with Gasteiger partial charge in [-0.3, -0.25) is 4.79 Å². The highest BCUT2D eigenvalue weighted by molar-refractivity contribution is 7.15. The van der Waals surface area contributed by atoms with Gasteiger partial charge in [0.25, 0.3) is 0 Å². The SMILES string of the molecule is Cc1cccc(N(CC(=O)O)Cc2cnc(Cl)s2)n1. The molecule has 2 aromatic rings. The van der Waals surface area contributed by atoms with E-state index in [4.69, 9.17) is 16.7 Å². The summed E-state index contributed by atoms with van der Waals surface area (Å²) in [5.41, 5.74) is 0.843. The van der Waals surface area contributed by atoms with E-state index in [1.165, 1.54) is 11.3 Å². The molecule has 0 saturated heterocycles. The Morgan fingerprint density at radius 3 is 2.89 bits per heavy atom. The van der Waals surface area contributed by atoms with E-state index in [0.29, 0.717) is 16.8 Å². The number of aromatic nitrogens is 2. The molecule has 100 valence electrons. The first-order chi connectivity index (χ1) is 9.04. The van der Waals surface area contributed by atoms with E-state index in [9.17, 15) is 4.79 Å². The molecule has 0 unspecified atom stereocenters. The van der Waals surface area contributed by atoms with Gasteiger partial charge in [0.1, 0.15) is 12.4 Å². The molecule has 5 nitrogen and oxygen atoms in total. The minimum absolute atomic E-state index is 0.119. The summed E-state index contributed by atoms with van der Waals surface area (Å²) in [7, 11) is 0. The maximum atomic E-state index is 11.0. The number of rotatable bonds is 5. The van der Waals surface area contributed by atoms with Gasteiger partial charge in [-0.15, -0.1) is 11.3 Å². The van der Waals surface area contributed by atoms with E-state index in [1.54, 1.807) is 17.2 Å². The van der Waals surface area contributed by atoms with Gasteiger partial charge in [-0.25, -0.2) is 9.97 Å². The Morgan fingerprint density at radius 1 is 1.53 bits per heavy atom. The fourth-order valence-electron chi connectivity index (χ4n) is 1.63. The van der Waals surface area contributed by atoms with Crippen LogP contribution in [0.2, 0.25) is 4.47 Å². The van der Waals surface area contributed by atoms with Crippen molar-refractivity contribution in [3.8, 4) is 0 Å². The van der Waals surface area contributed by atoms with Crippen LogP contribution in [0.3, 0.4) is 0 Å². The van der Waals surface area contributed by atoms with Gasteiger partial charge in [-0.1, -0.05) is 17.7 Å². The largest absolute Gasteiger partial charge is 0.480 e. The normalized spacial score (nSPS) is 10.4. The number of nitrogens with zero attached hydrogens (tertiary/aromatic N) is 3. The molecule has 7 heteroatoms. The van der Waals surface area contributed by atoms with Gasteiger partial charge in [-0.05, 0) is 19.1 Å². The monoisotopic (exact) mass is 297 g/mol. The molecule has 0 radical (unpaired) electrons. The van der Waals surface area contributed by atoms with E-state index in [2.05, 4.69) is 9.97 Å². The highest BCUT2D eigenvalue weighted by Crippen LogP contribution is 2.21. The molecular formula is C12H12ClN3O2S.